The van der Waals surface area contributed by atoms with Crippen LogP contribution in [-0.2, 0) is 15.7 Å². The largest absolute Gasteiger partial charge is 0.567 e. The maximum Gasteiger partial charge on any atom is 0.567 e. The molecule has 0 aliphatic carbocycles. The molecule has 154 valence electrons. The van der Waals surface area contributed by atoms with E-state index in [0.717, 1.165) is 22.4 Å². The molecule has 0 unspecified atom stereocenters. The number of fused-ring (bicyclic) bond motifs is 3. The lowest BCUT2D eigenvalue weighted by atomic mass is 10.0. The molecular formula is C17H16N6O6P+. The quantitative estimate of drug-likeness (QED) is 0.490. The van der Waals surface area contributed by atoms with Crippen molar-refractivity contribution in [2.24, 2.45) is 0 Å². The molecule has 1 saturated heterocycles. The first-order valence-corrected chi connectivity index (χ1v) is 10.5. The molecule has 3 aromatic rings. The first-order valence-electron chi connectivity index (χ1n) is 8.93. The SMILES string of the molecule is O=C1O[C@@H](CO[P+](O)(O)O)[C@@H]2Cc3cc(-c4ccc(-n5cnnn5)nc4)ccc3N12. The van der Waals surface area contributed by atoms with Gasteiger partial charge in [0, 0.05) is 11.8 Å². The molecule has 4 heterocycles. The van der Waals surface area contributed by atoms with Crippen LogP contribution in [0.4, 0.5) is 10.5 Å². The second-order valence-electron chi connectivity index (χ2n) is 6.88. The maximum absolute atomic E-state index is 12.3. The highest BCUT2D eigenvalue weighted by Gasteiger charge is 2.49. The number of aromatic nitrogens is 5. The number of ether oxygens (including phenoxy) is 1. The van der Waals surface area contributed by atoms with Gasteiger partial charge in [0.2, 0.25) is 0 Å². The van der Waals surface area contributed by atoms with Crippen molar-refractivity contribution in [1.82, 2.24) is 25.2 Å². The summed E-state index contributed by atoms with van der Waals surface area (Å²) in [6, 6.07) is 9.06. The van der Waals surface area contributed by atoms with Gasteiger partial charge in [-0.25, -0.2) is 9.78 Å². The highest BCUT2D eigenvalue weighted by Crippen LogP contribution is 2.47. The highest BCUT2D eigenvalue weighted by molar-refractivity contribution is 7.53. The number of benzene rings is 1. The third-order valence-corrected chi connectivity index (χ3v) is 5.55. The molecule has 2 aliphatic rings. The molecule has 3 N–H and O–H groups in total. The molecule has 2 atom stereocenters. The molecule has 0 radical (unpaired) electrons. The van der Waals surface area contributed by atoms with Gasteiger partial charge in [0.1, 0.15) is 12.9 Å². The molecule has 5 rings (SSSR count). The van der Waals surface area contributed by atoms with Gasteiger partial charge < -0.3 is 4.74 Å². The van der Waals surface area contributed by atoms with Crippen LogP contribution in [0.25, 0.3) is 16.9 Å². The van der Waals surface area contributed by atoms with Crippen molar-refractivity contribution in [1.29, 1.82) is 0 Å². The van der Waals surface area contributed by atoms with E-state index in [4.69, 9.17) is 19.4 Å². The number of pyridine rings is 1. The number of carbonyl (C=O) groups excluding carboxylic acids is 1. The van der Waals surface area contributed by atoms with E-state index in [1.54, 1.807) is 12.3 Å². The van der Waals surface area contributed by atoms with E-state index < -0.39 is 20.4 Å². The molecule has 2 aliphatic heterocycles. The number of amides is 1. The van der Waals surface area contributed by atoms with Gasteiger partial charge in [-0.15, -0.1) is 9.62 Å². The summed E-state index contributed by atoms with van der Waals surface area (Å²) in [7, 11) is -4.40. The highest BCUT2D eigenvalue weighted by atomic mass is 31.2. The van der Waals surface area contributed by atoms with E-state index in [2.05, 4.69) is 25.0 Å². The zero-order valence-corrected chi connectivity index (χ0v) is 16.2. The van der Waals surface area contributed by atoms with Crippen LogP contribution < -0.4 is 4.90 Å². The van der Waals surface area contributed by atoms with Crippen LogP contribution in [0.15, 0.2) is 42.9 Å². The standard InChI is InChI=1S/C17H16N6O6P/c24-17-23-13-3-1-10(11-2-4-16(18-7-11)22-9-19-20-21-22)5-12(13)6-14(23)15(29-17)8-28-30(25,26)27/h1-5,7,9,14-15,25-27H,6,8H2/q+1/t14-,15-/m0/s1. The smallest absolute Gasteiger partial charge is 0.441 e. The number of hydrogen-bond acceptors (Lipinski definition) is 10. The van der Waals surface area contributed by atoms with Gasteiger partial charge in [0.25, 0.3) is 0 Å². The predicted octanol–water partition coefficient (Wildman–Crippen LogP) is 0.645. The number of hydrogen-bond donors (Lipinski definition) is 3. The Hall–Kier alpha value is -3.02. The Morgan fingerprint density at radius 2 is 2.03 bits per heavy atom. The lowest BCUT2D eigenvalue weighted by Crippen LogP contribution is -2.35. The van der Waals surface area contributed by atoms with Crippen molar-refractivity contribution in [2.75, 3.05) is 11.5 Å². The molecule has 0 saturated carbocycles. The Morgan fingerprint density at radius 3 is 2.73 bits per heavy atom. The number of tetrazole rings is 1. The van der Waals surface area contributed by atoms with E-state index in [-0.39, 0.29) is 12.6 Å². The van der Waals surface area contributed by atoms with Crippen molar-refractivity contribution in [3.8, 4) is 16.9 Å². The number of carbonyl (C=O) groups is 1. The van der Waals surface area contributed by atoms with Crippen molar-refractivity contribution in [2.45, 2.75) is 18.6 Å². The van der Waals surface area contributed by atoms with Crippen LogP contribution in [-0.4, -0.2) is 64.7 Å². The average molecular weight is 431 g/mol. The van der Waals surface area contributed by atoms with Crippen molar-refractivity contribution >= 4 is 20.0 Å². The van der Waals surface area contributed by atoms with Gasteiger partial charge in [-0.3, -0.25) is 4.90 Å². The fraction of sp³-hybridized carbons (Fsp3) is 0.235. The molecule has 0 spiro atoms. The normalized spacial score (nSPS) is 20.2. The van der Waals surface area contributed by atoms with Gasteiger partial charge in [0.05, 0.1) is 11.7 Å². The lowest BCUT2D eigenvalue weighted by Gasteiger charge is -2.15. The minimum atomic E-state index is -4.40. The first-order chi connectivity index (χ1) is 14.4. The number of rotatable bonds is 5. The van der Waals surface area contributed by atoms with Crippen LogP contribution in [0.3, 0.4) is 0 Å². The van der Waals surface area contributed by atoms with Gasteiger partial charge in [-0.05, 0) is 52.2 Å². The molecule has 12 nitrogen and oxygen atoms in total. The second kappa shape index (κ2) is 7.04. The Bertz CT molecular complexity index is 1090. The summed E-state index contributed by atoms with van der Waals surface area (Å²) in [5, 5.41) is 11.0. The molecule has 1 amide bonds. The fourth-order valence-electron chi connectivity index (χ4n) is 3.73. The van der Waals surface area contributed by atoms with Gasteiger partial charge in [0.15, 0.2) is 11.9 Å². The summed E-state index contributed by atoms with van der Waals surface area (Å²) in [5.74, 6) is 0.590. The van der Waals surface area contributed by atoms with Crippen molar-refractivity contribution in [3.63, 3.8) is 0 Å². The summed E-state index contributed by atoms with van der Waals surface area (Å²) in [4.78, 5) is 45.3. The van der Waals surface area contributed by atoms with E-state index in [0.29, 0.717) is 12.2 Å². The van der Waals surface area contributed by atoms with Crippen LogP contribution >= 0.6 is 8.17 Å². The Morgan fingerprint density at radius 1 is 1.20 bits per heavy atom. The van der Waals surface area contributed by atoms with Crippen molar-refractivity contribution < 1.29 is 28.7 Å². The summed E-state index contributed by atoms with van der Waals surface area (Å²) >= 11 is 0. The third-order valence-electron chi connectivity index (χ3n) is 5.05. The first kappa shape index (κ1) is 19.0. The van der Waals surface area contributed by atoms with E-state index >= 15 is 0 Å². The minimum Gasteiger partial charge on any atom is -0.441 e. The molecule has 13 heteroatoms. The monoisotopic (exact) mass is 431 g/mol. The maximum atomic E-state index is 12.3. The molecule has 30 heavy (non-hydrogen) atoms. The molecular weight excluding hydrogens is 415 g/mol. The fourth-order valence-corrected chi connectivity index (χ4v) is 4.08. The summed E-state index contributed by atoms with van der Waals surface area (Å²) in [5.41, 5.74) is 3.49. The topological polar surface area (TPSA) is 156 Å². The van der Waals surface area contributed by atoms with Crippen LogP contribution in [0.2, 0.25) is 0 Å². The lowest BCUT2D eigenvalue weighted by molar-refractivity contribution is 0.0659. The molecule has 0 bridgehead atoms. The Balaban J connectivity index is 1.37. The summed E-state index contributed by atoms with van der Waals surface area (Å²) < 4.78 is 11.4. The van der Waals surface area contributed by atoms with E-state index in [9.17, 15) is 4.79 Å². The zero-order chi connectivity index (χ0) is 20.9. The third kappa shape index (κ3) is 3.40. The van der Waals surface area contributed by atoms with Crippen molar-refractivity contribution in [3.05, 3.63) is 48.4 Å². The Kier molecular flexibility index (Phi) is 4.45. The van der Waals surface area contributed by atoms with Gasteiger partial charge in [-0.2, -0.15) is 19.4 Å². The number of nitrogens with zero attached hydrogens (tertiary/aromatic N) is 6. The van der Waals surface area contributed by atoms with Crippen LogP contribution in [0.1, 0.15) is 5.56 Å². The van der Waals surface area contributed by atoms with E-state index in [1.807, 2.05) is 24.3 Å². The molecule has 2 aromatic heterocycles. The Labute approximate surface area is 170 Å². The van der Waals surface area contributed by atoms with Gasteiger partial charge in [-0.1, -0.05) is 6.07 Å². The number of cyclic esters (lactones) is 1. The minimum absolute atomic E-state index is 0.312. The molecule has 1 aromatic carbocycles. The molecule has 1 fully saturated rings. The van der Waals surface area contributed by atoms with Crippen LogP contribution in [0, 0.1) is 0 Å². The van der Waals surface area contributed by atoms with Crippen LogP contribution in [0.5, 0.6) is 0 Å². The zero-order valence-electron chi connectivity index (χ0n) is 15.3. The number of anilines is 1. The van der Waals surface area contributed by atoms with Gasteiger partial charge >= 0.3 is 14.3 Å². The average Bonchev–Trinajstić information content (AvgIpc) is 3.43. The summed E-state index contributed by atoms with van der Waals surface area (Å²) in [6.45, 7) is -0.312. The summed E-state index contributed by atoms with van der Waals surface area (Å²) in [6.07, 6.45) is 2.42. The van der Waals surface area contributed by atoms with E-state index in [1.165, 1.54) is 15.9 Å². The second-order valence-corrected chi connectivity index (χ2v) is 8.16. The predicted molar refractivity (Wildman–Crippen MR) is 102 cm³/mol.